The summed E-state index contributed by atoms with van der Waals surface area (Å²) in [5.74, 6) is 1.68. The number of aromatic amines is 1. The lowest BCUT2D eigenvalue weighted by molar-refractivity contribution is 0.208. The first kappa shape index (κ1) is 19.4. The molecule has 3 aromatic heterocycles. The fraction of sp³-hybridized carbons (Fsp3) is 0.435. The second-order valence-electron chi connectivity index (χ2n) is 9.08. The molecule has 2 bridgehead atoms. The maximum absolute atomic E-state index is 4.63. The summed E-state index contributed by atoms with van der Waals surface area (Å²) < 4.78 is 1.73. The molecular formula is C23H27N9. The van der Waals surface area contributed by atoms with E-state index in [1.807, 2.05) is 18.3 Å². The standard InChI is InChI=1S/C23H27N9/c1-30-10-9-15-3-4-16(30)11-21(15)31(2)22-8-6-19(27-28-22)17-5-7-20(32-14-24-13-26-32)23-18(17)12-25-29-23/h5-8,12-16,21H,3-4,9-11H2,1-2H3,(H,25,29). The smallest absolute Gasteiger partial charge is 0.151 e. The van der Waals surface area contributed by atoms with Crippen molar-refractivity contribution in [1.82, 2.24) is 40.1 Å². The van der Waals surface area contributed by atoms with E-state index in [1.54, 1.807) is 11.0 Å². The van der Waals surface area contributed by atoms with Crippen molar-refractivity contribution >= 4 is 16.7 Å². The van der Waals surface area contributed by atoms with Gasteiger partial charge in [-0.1, -0.05) is 0 Å². The van der Waals surface area contributed by atoms with E-state index >= 15 is 0 Å². The highest BCUT2D eigenvalue weighted by Crippen LogP contribution is 2.37. The molecule has 32 heavy (non-hydrogen) atoms. The Balaban J connectivity index is 1.29. The average molecular weight is 430 g/mol. The lowest BCUT2D eigenvalue weighted by Gasteiger charge is -2.40. The third-order valence-electron chi connectivity index (χ3n) is 7.45. The topological polar surface area (TPSA) is 91.7 Å². The first-order chi connectivity index (χ1) is 15.7. The van der Waals surface area contributed by atoms with Crippen LogP contribution in [0.4, 0.5) is 5.82 Å². The molecule has 2 aliphatic heterocycles. The summed E-state index contributed by atoms with van der Waals surface area (Å²) in [5.41, 5.74) is 3.63. The molecule has 5 heterocycles. The number of nitrogens with one attached hydrogen (secondary N) is 1. The van der Waals surface area contributed by atoms with Crippen LogP contribution in [0.3, 0.4) is 0 Å². The summed E-state index contributed by atoms with van der Waals surface area (Å²) in [7, 11) is 4.45. The minimum absolute atomic E-state index is 0.529. The highest BCUT2D eigenvalue weighted by molar-refractivity contribution is 5.97. The normalized spacial score (nSPS) is 23.5. The molecule has 1 saturated carbocycles. The van der Waals surface area contributed by atoms with Crippen molar-refractivity contribution in [1.29, 1.82) is 0 Å². The van der Waals surface area contributed by atoms with Gasteiger partial charge in [-0.2, -0.15) is 10.2 Å². The van der Waals surface area contributed by atoms with Gasteiger partial charge in [-0.3, -0.25) is 5.10 Å². The predicted molar refractivity (Wildman–Crippen MR) is 123 cm³/mol. The number of fused-ring (bicyclic) bond motifs is 5. The Hall–Kier alpha value is -3.33. The van der Waals surface area contributed by atoms with Gasteiger partial charge in [-0.15, -0.1) is 10.2 Å². The maximum Gasteiger partial charge on any atom is 0.151 e. The molecule has 164 valence electrons. The van der Waals surface area contributed by atoms with Gasteiger partial charge in [0.1, 0.15) is 12.7 Å². The molecule has 1 aromatic carbocycles. The van der Waals surface area contributed by atoms with E-state index in [4.69, 9.17) is 0 Å². The summed E-state index contributed by atoms with van der Waals surface area (Å²) in [4.78, 5) is 8.95. The Morgan fingerprint density at radius 3 is 2.84 bits per heavy atom. The van der Waals surface area contributed by atoms with E-state index in [-0.39, 0.29) is 0 Å². The molecular weight excluding hydrogens is 402 g/mol. The van der Waals surface area contributed by atoms with Gasteiger partial charge < -0.3 is 9.80 Å². The lowest BCUT2D eigenvalue weighted by atomic mass is 9.81. The van der Waals surface area contributed by atoms with Gasteiger partial charge in [0.15, 0.2) is 5.82 Å². The zero-order valence-corrected chi connectivity index (χ0v) is 18.4. The van der Waals surface area contributed by atoms with Crippen LogP contribution in [0.5, 0.6) is 0 Å². The van der Waals surface area contributed by atoms with E-state index in [1.165, 1.54) is 38.6 Å². The maximum atomic E-state index is 4.63. The van der Waals surface area contributed by atoms with Crippen LogP contribution in [-0.2, 0) is 0 Å². The summed E-state index contributed by atoms with van der Waals surface area (Å²) in [6, 6.07) is 9.43. The first-order valence-electron chi connectivity index (χ1n) is 11.3. The molecule has 1 aliphatic carbocycles. The predicted octanol–water partition coefficient (Wildman–Crippen LogP) is 2.91. The minimum Gasteiger partial charge on any atom is -0.355 e. The SMILES string of the molecule is CN1CCC2CCC1CC2N(C)c1ccc(-c2ccc(-n3cncn3)c3[nH]ncc23)nn1. The minimum atomic E-state index is 0.529. The molecule has 9 heteroatoms. The molecule has 9 nitrogen and oxygen atoms in total. The third-order valence-corrected chi connectivity index (χ3v) is 7.45. The zero-order chi connectivity index (χ0) is 21.7. The van der Waals surface area contributed by atoms with Crippen LogP contribution in [0.1, 0.15) is 25.7 Å². The van der Waals surface area contributed by atoms with Crippen molar-refractivity contribution in [3.8, 4) is 16.9 Å². The number of hydrogen-bond acceptors (Lipinski definition) is 7. The van der Waals surface area contributed by atoms with Crippen LogP contribution in [0, 0.1) is 5.92 Å². The number of benzene rings is 1. The molecule has 0 amide bonds. The number of nitrogens with zero attached hydrogens (tertiary/aromatic N) is 8. The van der Waals surface area contributed by atoms with Crippen molar-refractivity contribution in [2.75, 3.05) is 25.5 Å². The third kappa shape index (κ3) is 3.15. The lowest BCUT2D eigenvalue weighted by Crippen LogP contribution is -2.44. The number of anilines is 1. The Morgan fingerprint density at radius 2 is 2.03 bits per heavy atom. The van der Waals surface area contributed by atoms with Crippen LogP contribution in [-0.4, -0.2) is 72.8 Å². The van der Waals surface area contributed by atoms with Gasteiger partial charge in [0.05, 0.1) is 23.1 Å². The second-order valence-corrected chi connectivity index (χ2v) is 9.08. The Morgan fingerprint density at radius 1 is 1.09 bits per heavy atom. The van der Waals surface area contributed by atoms with Crippen LogP contribution < -0.4 is 4.90 Å². The second kappa shape index (κ2) is 7.67. The number of H-pyrrole nitrogens is 1. The van der Waals surface area contributed by atoms with E-state index in [0.29, 0.717) is 12.1 Å². The molecule has 3 unspecified atom stereocenters. The van der Waals surface area contributed by atoms with Crippen molar-refractivity contribution in [3.05, 3.63) is 43.1 Å². The number of rotatable bonds is 4. The molecule has 0 radical (unpaired) electrons. The van der Waals surface area contributed by atoms with Crippen LogP contribution >= 0.6 is 0 Å². The van der Waals surface area contributed by atoms with Gasteiger partial charge in [0.25, 0.3) is 0 Å². The molecule has 3 atom stereocenters. The summed E-state index contributed by atoms with van der Waals surface area (Å²) >= 11 is 0. The fourth-order valence-electron chi connectivity index (χ4n) is 5.55. The molecule has 3 fully saturated rings. The van der Waals surface area contributed by atoms with Gasteiger partial charge in [-0.05, 0) is 69.5 Å². The molecule has 1 N–H and O–H groups in total. The van der Waals surface area contributed by atoms with Crippen LogP contribution in [0.25, 0.3) is 27.8 Å². The summed E-state index contributed by atoms with van der Waals surface area (Å²) in [5, 5.41) is 21.8. The van der Waals surface area contributed by atoms with E-state index < -0.39 is 0 Å². The van der Waals surface area contributed by atoms with Crippen molar-refractivity contribution in [3.63, 3.8) is 0 Å². The Kier molecular flexibility index (Phi) is 4.64. The largest absolute Gasteiger partial charge is 0.355 e. The summed E-state index contributed by atoms with van der Waals surface area (Å²) in [6.07, 6.45) is 10.1. The highest BCUT2D eigenvalue weighted by atomic mass is 15.3. The quantitative estimate of drug-likeness (QED) is 0.533. The zero-order valence-electron chi connectivity index (χ0n) is 18.4. The molecule has 3 aliphatic rings. The van der Waals surface area contributed by atoms with Crippen molar-refractivity contribution < 1.29 is 0 Å². The van der Waals surface area contributed by atoms with Crippen LogP contribution in [0.15, 0.2) is 43.1 Å². The van der Waals surface area contributed by atoms with Crippen molar-refractivity contribution in [2.45, 2.75) is 37.8 Å². The van der Waals surface area contributed by atoms with Gasteiger partial charge >= 0.3 is 0 Å². The Labute approximate surface area is 186 Å². The monoisotopic (exact) mass is 429 g/mol. The number of aromatic nitrogens is 7. The molecule has 0 spiro atoms. The fourth-order valence-corrected chi connectivity index (χ4v) is 5.55. The first-order valence-corrected chi connectivity index (χ1v) is 11.3. The molecule has 2 saturated heterocycles. The highest BCUT2D eigenvalue weighted by Gasteiger charge is 2.38. The summed E-state index contributed by atoms with van der Waals surface area (Å²) in [6.45, 7) is 1.20. The van der Waals surface area contributed by atoms with Gasteiger partial charge in [-0.25, -0.2) is 9.67 Å². The van der Waals surface area contributed by atoms with Gasteiger partial charge in [0, 0.05) is 30.1 Å². The van der Waals surface area contributed by atoms with Gasteiger partial charge in [0.2, 0.25) is 0 Å². The van der Waals surface area contributed by atoms with Crippen LogP contribution in [0.2, 0.25) is 0 Å². The average Bonchev–Trinajstić information content (AvgIpc) is 3.49. The molecule has 7 rings (SSSR count). The van der Waals surface area contributed by atoms with E-state index in [0.717, 1.165) is 39.6 Å². The van der Waals surface area contributed by atoms with E-state index in [2.05, 4.69) is 66.5 Å². The molecule has 4 aromatic rings. The van der Waals surface area contributed by atoms with E-state index in [9.17, 15) is 0 Å². The number of hydrogen-bond donors (Lipinski definition) is 1. The Bertz CT molecular complexity index is 1210. The van der Waals surface area contributed by atoms with Crippen molar-refractivity contribution in [2.24, 2.45) is 5.92 Å².